The van der Waals surface area contributed by atoms with Crippen LogP contribution in [0.3, 0.4) is 0 Å². The largest absolute Gasteiger partial charge is 0.508 e. The van der Waals surface area contributed by atoms with Gasteiger partial charge in [0, 0.05) is 5.41 Å². The first-order valence-electron chi connectivity index (χ1n) is 7.13. The lowest BCUT2D eigenvalue weighted by molar-refractivity contribution is -0.0596. The predicted octanol–water partition coefficient (Wildman–Crippen LogP) is 3.63. The Kier molecular flexibility index (Phi) is 3.91. The second-order valence-corrected chi connectivity index (χ2v) is 5.65. The standard InChI is InChI=1S/C18H18O3/c19-17-20-13-18(14-21-17,11-15-7-3-1-4-8-15)12-16-9-5-2-6-10-16/h1-10H,11-14H2. The van der Waals surface area contributed by atoms with Crippen molar-refractivity contribution in [3.63, 3.8) is 0 Å². The second-order valence-electron chi connectivity index (χ2n) is 5.65. The van der Waals surface area contributed by atoms with Crippen LogP contribution in [0.2, 0.25) is 0 Å². The van der Waals surface area contributed by atoms with Crippen LogP contribution in [0.4, 0.5) is 4.79 Å². The van der Waals surface area contributed by atoms with Gasteiger partial charge in [0.05, 0.1) is 0 Å². The van der Waals surface area contributed by atoms with E-state index in [-0.39, 0.29) is 5.41 Å². The van der Waals surface area contributed by atoms with Gasteiger partial charge in [-0.2, -0.15) is 0 Å². The van der Waals surface area contributed by atoms with Gasteiger partial charge in [-0.3, -0.25) is 0 Å². The van der Waals surface area contributed by atoms with Gasteiger partial charge in [-0.1, -0.05) is 60.7 Å². The molecule has 0 aromatic heterocycles. The van der Waals surface area contributed by atoms with Crippen molar-refractivity contribution in [3.8, 4) is 0 Å². The SMILES string of the molecule is O=C1OCC(Cc2ccccc2)(Cc2ccccc2)CO1. The van der Waals surface area contributed by atoms with E-state index in [1.807, 2.05) is 36.4 Å². The van der Waals surface area contributed by atoms with Gasteiger partial charge in [-0.15, -0.1) is 0 Å². The van der Waals surface area contributed by atoms with Crippen LogP contribution in [0.15, 0.2) is 60.7 Å². The monoisotopic (exact) mass is 282 g/mol. The number of hydrogen-bond acceptors (Lipinski definition) is 3. The summed E-state index contributed by atoms with van der Waals surface area (Å²) in [4.78, 5) is 11.2. The Balaban J connectivity index is 1.82. The molecule has 1 aliphatic heterocycles. The molecule has 2 aromatic rings. The van der Waals surface area contributed by atoms with E-state index in [2.05, 4.69) is 24.3 Å². The highest BCUT2D eigenvalue weighted by Crippen LogP contribution is 2.32. The highest BCUT2D eigenvalue weighted by Gasteiger charge is 2.38. The normalized spacial score (nSPS) is 16.9. The maximum Gasteiger partial charge on any atom is 0.508 e. The van der Waals surface area contributed by atoms with Crippen LogP contribution in [-0.2, 0) is 22.3 Å². The van der Waals surface area contributed by atoms with Gasteiger partial charge in [-0.05, 0) is 24.0 Å². The molecule has 0 unspecified atom stereocenters. The number of benzene rings is 2. The Bertz CT molecular complexity index is 539. The molecule has 3 nitrogen and oxygen atoms in total. The molecule has 0 spiro atoms. The molecule has 0 N–H and O–H groups in total. The molecule has 2 aromatic carbocycles. The van der Waals surface area contributed by atoms with E-state index in [1.165, 1.54) is 11.1 Å². The smallest absolute Gasteiger partial charge is 0.434 e. The molecule has 21 heavy (non-hydrogen) atoms. The predicted molar refractivity (Wildman–Crippen MR) is 80.0 cm³/mol. The van der Waals surface area contributed by atoms with Crippen LogP contribution >= 0.6 is 0 Å². The number of carbonyl (C=O) groups excluding carboxylic acids is 1. The molecule has 0 radical (unpaired) electrons. The molecule has 108 valence electrons. The third-order valence-electron chi connectivity index (χ3n) is 3.84. The van der Waals surface area contributed by atoms with Crippen LogP contribution in [0.25, 0.3) is 0 Å². The van der Waals surface area contributed by atoms with E-state index in [4.69, 9.17) is 9.47 Å². The lowest BCUT2D eigenvalue weighted by Crippen LogP contribution is -2.42. The van der Waals surface area contributed by atoms with E-state index in [1.54, 1.807) is 0 Å². The summed E-state index contributed by atoms with van der Waals surface area (Å²) < 4.78 is 10.4. The lowest BCUT2D eigenvalue weighted by Gasteiger charge is -2.36. The Labute approximate surface area is 124 Å². The third-order valence-corrected chi connectivity index (χ3v) is 3.84. The minimum absolute atomic E-state index is 0.198. The molecule has 1 fully saturated rings. The van der Waals surface area contributed by atoms with Gasteiger partial charge in [0.25, 0.3) is 0 Å². The Hall–Kier alpha value is -2.29. The van der Waals surface area contributed by atoms with Crippen LogP contribution in [0, 0.1) is 5.41 Å². The highest BCUT2D eigenvalue weighted by atomic mass is 16.7. The average Bonchev–Trinajstić information content (AvgIpc) is 2.52. The maximum absolute atomic E-state index is 11.2. The summed E-state index contributed by atoms with van der Waals surface area (Å²) in [6.45, 7) is 0.797. The van der Waals surface area contributed by atoms with Crippen LogP contribution in [0.1, 0.15) is 11.1 Å². The second kappa shape index (κ2) is 6.00. The van der Waals surface area contributed by atoms with Crippen LogP contribution < -0.4 is 0 Å². The maximum atomic E-state index is 11.2. The van der Waals surface area contributed by atoms with Crippen molar-refractivity contribution in [2.24, 2.45) is 5.41 Å². The number of ether oxygens (including phenoxy) is 2. The molecule has 1 aliphatic rings. The average molecular weight is 282 g/mol. The van der Waals surface area contributed by atoms with Gasteiger partial charge in [0.15, 0.2) is 0 Å². The number of carbonyl (C=O) groups is 1. The van der Waals surface area contributed by atoms with Gasteiger partial charge in [0.1, 0.15) is 13.2 Å². The zero-order chi connectivity index (χ0) is 14.5. The molecule has 3 heteroatoms. The van der Waals surface area contributed by atoms with Crippen molar-refractivity contribution in [1.29, 1.82) is 0 Å². The summed E-state index contributed by atoms with van der Waals surface area (Å²) in [5, 5.41) is 0. The minimum atomic E-state index is -0.563. The van der Waals surface area contributed by atoms with Crippen molar-refractivity contribution in [3.05, 3.63) is 71.8 Å². The first-order valence-corrected chi connectivity index (χ1v) is 7.13. The molecule has 0 amide bonds. The lowest BCUT2D eigenvalue weighted by atomic mass is 9.77. The molecule has 0 saturated carbocycles. The minimum Gasteiger partial charge on any atom is -0.434 e. The van der Waals surface area contributed by atoms with E-state index < -0.39 is 6.16 Å². The van der Waals surface area contributed by atoms with Crippen LogP contribution in [-0.4, -0.2) is 19.4 Å². The highest BCUT2D eigenvalue weighted by molar-refractivity contribution is 5.60. The summed E-state index contributed by atoms with van der Waals surface area (Å²) in [5.74, 6) is 0. The third kappa shape index (κ3) is 3.43. The molecule has 1 saturated heterocycles. The molecule has 0 atom stereocenters. The molecular weight excluding hydrogens is 264 g/mol. The van der Waals surface area contributed by atoms with Gasteiger partial charge in [-0.25, -0.2) is 4.79 Å². The molecule has 0 bridgehead atoms. The number of hydrogen-bond donors (Lipinski definition) is 0. The van der Waals surface area contributed by atoms with Crippen molar-refractivity contribution >= 4 is 6.16 Å². The zero-order valence-corrected chi connectivity index (χ0v) is 11.8. The summed E-state index contributed by atoms with van der Waals surface area (Å²) >= 11 is 0. The first-order chi connectivity index (χ1) is 10.3. The van der Waals surface area contributed by atoms with Crippen LogP contribution in [0.5, 0.6) is 0 Å². The number of rotatable bonds is 4. The fraction of sp³-hybridized carbons (Fsp3) is 0.278. The van der Waals surface area contributed by atoms with E-state index in [0.29, 0.717) is 13.2 Å². The van der Waals surface area contributed by atoms with Crippen molar-refractivity contribution in [2.45, 2.75) is 12.8 Å². The van der Waals surface area contributed by atoms with Crippen molar-refractivity contribution in [2.75, 3.05) is 13.2 Å². The summed E-state index contributed by atoms with van der Waals surface area (Å²) in [6.07, 6.45) is 1.10. The van der Waals surface area contributed by atoms with Gasteiger partial charge in [0.2, 0.25) is 0 Å². The summed E-state index contributed by atoms with van der Waals surface area (Å²) in [6, 6.07) is 20.5. The van der Waals surface area contributed by atoms with Crippen molar-refractivity contribution in [1.82, 2.24) is 0 Å². The first kappa shape index (κ1) is 13.7. The van der Waals surface area contributed by atoms with E-state index in [9.17, 15) is 4.79 Å². The molecule has 3 rings (SSSR count). The zero-order valence-electron chi connectivity index (χ0n) is 11.8. The molecule has 0 aliphatic carbocycles. The van der Waals surface area contributed by atoms with Crippen molar-refractivity contribution < 1.29 is 14.3 Å². The molecular formula is C18H18O3. The Morgan fingerprint density at radius 1 is 0.762 bits per heavy atom. The summed E-state index contributed by atoms with van der Waals surface area (Å²) in [7, 11) is 0. The van der Waals surface area contributed by atoms with E-state index >= 15 is 0 Å². The summed E-state index contributed by atoms with van der Waals surface area (Å²) in [5.41, 5.74) is 2.27. The molecule has 1 heterocycles. The quantitative estimate of drug-likeness (QED) is 0.803. The van der Waals surface area contributed by atoms with Gasteiger partial charge < -0.3 is 9.47 Å². The topological polar surface area (TPSA) is 35.5 Å². The fourth-order valence-electron chi connectivity index (χ4n) is 2.83. The Morgan fingerprint density at radius 3 is 1.62 bits per heavy atom. The van der Waals surface area contributed by atoms with Gasteiger partial charge >= 0.3 is 6.16 Å². The fourth-order valence-corrected chi connectivity index (χ4v) is 2.83. The number of cyclic esters (lactones) is 2. The Morgan fingerprint density at radius 2 is 1.19 bits per heavy atom. The van der Waals surface area contributed by atoms with E-state index in [0.717, 1.165) is 12.8 Å².